The fraction of sp³-hybridized carbons (Fsp3) is 0.400. The van der Waals surface area contributed by atoms with Crippen molar-refractivity contribution in [1.82, 2.24) is 4.98 Å². The molecule has 2 nitrogen and oxygen atoms in total. The number of nitrogens with zero attached hydrogens (tertiary/aromatic N) is 1. The Hall–Kier alpha value is -0.990. The lowest BCUT2D eigenvalue weighted by atomic mass is 10.0. The summed E-state index contributed by atoms with van der Waals surface area (Å²) < 4.78 is 5.40. The summed E-state index contributed by atoms with van der Waals surface area (Å²) in [7, 11) is 1.64. The Morgan fingerprint density at radius 3 is 2.68 bits per heavy atom. The van der Waals surface area contributed by atoms with Gasteiger partial charge in [0.2, 0.25) is 0 Å². The third-order valence-electron chi connectivity index (χ3n) is 3.73. The van der Waals surface area contributed by atoms with E-state index in [1.54, 1.807) is 7.11 Å². The number of ether oxygens (including phenoxy) is 1. The second-order valence-corrected chi connectivity index (χ2v) is 5.67. The number of rotatable bonds is 1. The molecule has 19 heavy (non-hydrogen) atoms. The van der Waals surface area contributed by atoms with Crippen LogP contribution in [-0.4, -0.2) is 12.1 Å². The van der Waals surface area contributed by atoms with Gasteiger partial charge in [-0.15, -0.1) is 0 Å². The Kier molecular flexibility index (Phi) is 3.55. The molecule has 1 heterocycles. The van der Waals surface area contributed by atoms with Crippen molar-refractivity contribution in [2.75, 3.05) is 7.11 Å². The van der Waals surface area contributed by atoms with E-state index in [9.17, 15) is 0 Å². The highest BCUT2D eigenvalue weighted by Crippen LogP contribution is 2.39. The van der Waals surface area contributed by atoms with E-state index in [0.717, 1.165) is 40.2 Å². The van der Waals surface area contributed by atoms with E-state index in [4.69, 9.17) is 32.9 Å². The van der Waals surface area contributed by atoms with E-state index in [-0.39, 0.29) is 0 Å². The molecular weight excluding hydrogens is 281 g/mol. The van der Waals surface area contributed by atoms with Crippen LogP contribution in [0.4, 0.5) is 0 Å². The predicted octanol–water partition coefficient (Wildman–Crippen LogP) is 4.82. The Morgan fingerprint density at radius 1 is 1.11 bits per heavy atom. The number of methoxy groups -OCH3 is 1. The maximum atomic E-state index is 6.61. The van der Waals surface area contributed by atoms with Gasteiger partial charge in [0.1, 0.15) is 5.75 Å². The summed E-state index contributed by atoms with van der Waals surface area (Å²) in [5, 5.41) is 2.24. The molecule has 1 aromatic heterocycles. The monoisotopic (exact) mass is 295 g/mol. The van der Waals surface area contributed by atoms with Gasteiger partial charge in [-0.2, -0.15) is 0 Å². The van der Waals surface area contributed by atoms with E-state index in [2.05, 4.69) is 0 Å². The average Bonchev–Trinajstić information content (AvgIpc) is 2.66. The number of aromatic nitrogens is 1. The smallest absolute Gasteiger partial charge is 0.129 e. The zero-order valence-corrected chi connectivity index (χ0v) is 12.3. The van der Waals surface area contributed by atoms with E-state index < -0.39 is 0 Å². The molecule has 0 saturated heterocycles. The summed E-state index contributed by atoms with van der Waals surface area (Å²) >= 11 is 12.9. The summed E-state index contributed by atoms with van der Waals surface area (Å²) in [6.45, 7) is 0. The van der Waals surface area contributed by atoms with Crippen LogP contribution in [0.1, 0.15) is 30.5 Å². The summed E-state index contributed by atoms with van der Waals surface area (Å²) in [6, 6.07) is 3.66. The van der Waals surface area contributed by atoms with Crippen LogP contribution in [0.25, 0.3) is 10.9 Å². The van der Waals surface area contributed by atoms with Gasteiger partial charge in [0.05, 0.1) is 28.1 Å². The molecule has 0 atom stereocenters. The molecule has 0 bridgehead atoms. The molecule has 0 radical (unpaired) electrons. The van der Waals surface area contributed by atoms with Crippen LogP contribution in [0.5, 0.6) is 5.75 Å². The van der Waals surface area contributed by atoms with Crippen LogP contribution in [0.15, 0.2) is 12.1 Å². The van der Waals surface area contributed by atoms with Gasteiger partial charge in [-0.3, -0.25) is 4.98 Å². The molecule has 0 fully saturated rings. The summed E-state index contributed by atoms with van der Waals surface area (Å²) in [4.78, 5) is 4.75. The second-order valence-electron chi connectivity index (χ2n) is 4.88. The summed E-state index contributed by atoms with van der Waals surface area (Å²) in [5.74, 6) is 0.740. The number of halogens is 2. The number of aryl methyl sites for hydroxylation is 1. The van der Waals surface area contributed by atoms with Gasteiger partial charge in [0, 0.05) is 5.69 Å². The zero-order chi connectivity index (χ0) is 13.4. The Morgan fingerprint density at radius 2 is 1.89 bits per heavy atom. The second kappa shape index (κ2) is 5.18. The SMILES string of the molecule is COc1ccc(Cl)c2nc3c(c(Cl)c12)CCCCC3. The largest absolute Gasteiger partial charge is 0.496 e. The minimum absolute atomic E-state index is 0.629. The minimum Gasteiger partial charge on any atom is -0.496 e. The number of benzene rings is 1. The first-order valence-corrected chi connectivity index (χ1v) is 7.31. The Balaban J connectivity index is 2.37. The molecule has 0 amide bonds. The van der Waals surface area contributed by atoms with Crippen molar-refractivity contribution >= 4 is 34.1 Å². The van der Waals surface area contributed by atoms with Crippen molar-refractivity contribution in [1.29, 1.82) is 0 Å². The lowest BCUT2D eigenvalue weighted by Crippen LogP contribution is -2.00. The highest BCUT2D eigenvalue weighted by molar-refractivity contribution is 6.40. The van der Waals surface area contributed by atoms with Crippen LogP contribution >= 0.6 is 23.2 Å². The quantitative estimate of drug-likeness (QED) is 0.704. The van der Waals surface area contributed by atoms with E-state index >= 15 is 0 Å². The van der Waals surface area contributed by atoms with Gasteiger partial charge in [-0.05, 0) is 43.4 Å². The van der Waals surface area contributed by atoms with Crippen LogP contribution in [-0.2, 0) is 12.8 Å². The van der Waals surface area contributed by atoms with E-state index in [1.807, 2.05) is 12.1 Å². The molecule has 0 N–H and O–H groups in total. The summed E-state index contributed by atoms with van der Waals surface area (Å²) in [5.41, 5.74) is 3.03. The molecular formula is C15H15Cl2NO. The molecule has 1 aromatic carbocycles. The number of hydrogen-bond donors (Lipinski definition) is 0. The lowest BCUT2D eigenvalue weighted by Gasteiger charge is -2.14. The van der Waals surface area contributed by atoms with Crippen molar-refractivity contribution in [2.45, 2.75) is 32.1 Å². The Labute approximate surface area is 122 Å². The van der Waals surface area contributed by atoms with Gasteiger partial charge >= 0.3 is 0 Å². The molecule has 0 saturated carbocycles. The number of hydrogen-bond acceptors (Lipinski definition) is 2. The highest BCUT2D eigenvalue weighted by Gasteiger charge is 2.19. The first kappa shape index (κ1) is 13.0. The number of pyridine rings is 1. The van der Waals surface area contributed by atoms with E-state index in [0.29, 0.717) is 5.02 Å². The van der Waals surface area contributed by atoms with Gasteiger partial charge in [0.25, 0.3) is 0 Å². The molecule has 1 aliphatic carbocycles. The first-order valence-electron chi connectivity index (χ1n) is 6.56. The van der Waals surface area contributed by atoms with Gasteiger partial charge in [0.15, 0.2) is 0 Å². The highest BCUT2D eigenvalue weighted by atomic mass is 35.5. The molecule has 1 aliphatic rings. The molecule has 3 rings (SSSR count). The zero-order valence-electron chi connectivity index (χ0n) is 10.8. The van der Waals surface area contributed by atoms with Crippen LogP contribution in [0.2, 0.25) is 10.0 Å². The van der Waals surface area contributed by atoms with Crippen molar-refractivity contribution in [3.05, 3.63) is 33.4 Å². The molecule has 0 unspecified atom stereocenters. The maximum absolute atomic E-state index is 6.61. The van der Waals surface area contributed by atoms with Gasteiger partial charge in [-0.25, -0.2) is 0 Å². The molecule has 0 aliphatic heterocycles. The van der Waals surface area contributed by atoms with Crippen LogP contribution in [0, 0.1) is 0 Å². The van der Waals surface area contributed by atoms with Crippen LogP contribution < -0.4 is 4.74 Å². The molecule has 4 heteroatoms. The van der Waals surface area contributed by atoms with E-state index in [1.165, 1.54) is 24.8 Å². The first-order chi connectivity index (χ1) is 9.22. The van der Waals surface area contributed by atoms with Gasteiger partial charge in [-0.1, -0.05) is 29.6 Å². The van der Waals surface area contributed by atoms with Crippen LogP contribution in [0.3, 0.4) is 0 Å². The Bertz CT molecular complexity index is 640. The fourth-order valence-corrected chi connectivity index (χ4v) is 3.34. The van der Waals surface area contributed by atoms with Crippen molar-refractivity contribution in [2.24, 2.45) is 0 Å². The average molecular weight is 296 g/mol. The fourth-order valence-electron chi connectivity index (χ4n) is 2.75. The topological polar surface area (TPSA) is 22.1 Å². The van der Waals surface area contributed by atoms with Crippen molar-refractivity contribution in [3.63, 3.8) is 0 Å². The lowest BCUT2D eigenvalue weighted by molar-refractivity contribution is 0.419. The van der Waals surface area contributed by atoms with Gasteiger partial charge < -0.3 is 4.74 Å². The maximum Gasteiger partial charge on any atom is 0.129 e. The summed E-state index contributed by atoms with van der Waals surface area (Å²) in [6.07, 6.45) is 5.55. The number of fused-ring (bicyclic) bond motifs is 2. The van der Waals surface area contributed by atoms with Crippen molar-refractivity contribution < 1.29 is 4.74 Å². The molecule has 2 aromatic rings. The standard InChI is InChI=1S/C15H15Cl2NO/c1-19-12-8-7-10(16)15-13(12)14(17)9-5-3-2-4-6-11(9)18-15/h7-8H,2-6H2,1H3. The molecule has 100 valence electrons. The third-order valence-corrected chi connectivity index (χ3v) is 4.45. The molecule has 0 spiro atoms. The predicted molar refractivity (Wildman–Crippen MR) is 79.6 cm³/mol. The minimum atomic E-state index is 0.629. The third kappa shape index (κ3) is 2.17. The van der Waals surface area contributed by atoms with Crippen molar-refractivity contribution in [3.8, 4) is 5.75 Å². The normalized spacial score (nSPS) is 15.1.